The molecule has 0 spiro atoms. The summed E-state index contributed by atoms with van der Waals surface area (Å²) in [5.41, 5.74) is 6.07. The van der Waals surface area contributed by atoms with Crippen LogP contribution in [0.15, 0.2) is 48.5 Å². The largest absolute Gasteiger partial charge is 0.344 e. The Morgan fingerprint density at radius 3 is 2.27 bits per heavy atom. The Morgan fingerprint density at radius 2 is 1.69 bits per heavy atom. The number of aromatic nitrogens is 1. The van der Waals surface area contributed by atoms with E-state index in [9.17, 15) is 14.5 Å². The average Bonchev–Trinajstić information content (AvgIpc) is 2.87. The number of non-ortho nitro benzene ring substituents is 1. The normalized spacial score (nSPS) is 10.9. The maximum atomic E-state index is 14.1. The Balaban J connectivity index is 2.09. The van der Waals surface area contributed by atoms with Gasteiger partial charge in [0.15, 0.2) is 0 Å². The van der Waals surface area contributed by atoms with Crippen LogP contribution in [0.5, 0.6) is 0 Å². The van der Waals surface area contributed by atoms with Gasteiger partial charge >= 0.3 is 0 Å². The van der Waals surface area contributed by atoms with Crippen molar-refractivity contribution in [3.63, 3.8) is 0 Å². The van der Waals surface area contributed by atoms with Crippen molar-refractivity contribution >= 4 is 5.69 Å². The molecule has 0 aliphatic carbocycles. The van der Waals surface area contributed by atoms with Gasteiger partial charge in [-0.25, -0.2) is 4.39 Å². The Bertz CT molecular complexity index is 959. The van der Waals surface area contributed by atoms with E-state index in [0.717, 1.165) is 28.9 Å². The van der Waals surface area contributed by atoms with E-state index in [1.54, 1.807) is 24.3 Å². The number of halogens is 1. The summed E-state index contributed by atoms with van der Waals surface area (Å²) in [7, 11) is 0. The zero-order valence-electron chi connectivity index (χ0n) is 15.1. The number of nitro groups is 1. The van der Waals surface area contributed by atoms with Crippen molar-refractivity contribution in [1.82, 2.24) is 4.57 Å². The van der Waals surface area contributed by atoms with Crippen LogP contribution in [0.25, 0.3) is 11.1 Å². The second-order valence-electron chi connectivity index (χ2n) is 6.36. The molecule has 2 aromatic carbocycles. The summed E-state index contributed by atoms with van der Waals surface area (Å²) in [4.78, 5) is 10.5. The van der Waals surface area contributed by atoms with Crippen molar-refractivity contribution in [3.05, 3.63) is 87.0 Å². The standard InChI is InChI=1S/C21H21FN2O2/c1-4-19-14(2)23(13-17-7-5-6-8-20(17)22)15(3)21(19)16-9-11-18(12-10-16)24(25)26/h5-12H,4,13H2,1-3H3. The fraction of sp³-hybridized carbons (Fsp3) is 0.238. The first-order valence-electron chi connectivity index (χ1n) is 8.60. The van der Waals surface area contributed by atoms with Crippen LogP contribution in [0.3, 0.4) is 0 Å². The molecule has 1 heterocycles. The lowest BCUT2D eigenvalue weighted by Crippen LogP contribution is -2.06. The first-order chi connectivity index (χ1) is 12.4. The highest BCUT2D eigenvalue weighted by molar-refractivity contribution is 5.73. The summed E-state index contributed by atoms with van der Waals surface area (Å²) in [6, 6.07) is 13.4. The maximum Gasteiger partial charge on any atom is 0.269 e. The topological polar surface area (TPSA) is 48.1 Å². The Morgan fingerprint density at radius 1 is 1.04 bits per heavy atom. The third kappa shape index (κ3) is 3.12. The number of nitro benzene ring substituents is 1. The minimum Gasteiger partial charge on any atom is -0.344 e. The monoisotopic (exact) mass is 352 g/mol. The molecule has 0 atom stereocenters. The lowest BCUT2D eigenvalue weighted by Gasteiger charge is -2.11. The lowest BCUT2D eigenvalue weighted by molar-refractivity contribution is -0.384. The van der Waals surface area contributed by atoms with Gasteiger partial charge in [-0.2, -0.15) is 0 Å². The summed E-state index contributed by atoms with van der Waals surface area (Å²) in [6.07, 6.45) is 0.837. The van der Waals surface area contributed by atoms with Gasteiger partial charge in [0, 0.05) is 34.6 Å². The smallest absolute Gasteiger partial charge is 0.269 e. The van der Waals surface area contributed by atoms with Crippen LogP contribution in [0.2, 0.25) is 0 Å². The van der Waals surface area contributed by atoms with Gasteiger partial charge < -0.3 is 4.57 Å². The number of hydrogen-bond acceptors (Lipinski definition) is 2. The van der Waals surface area contributed by atoms with Crippen molar-refractivity contribution in [2.75, 3.05) is 0 Å². The van der Waals surface area contributed by atoms with Gasteiger partial charge in [-0.3, -0.25) is 10.1 Å². The second kappa shape index (κ2) is 7.12. The number of benzene rings is 2. The number of hydrogen-bond donors (Lipinski definition) is 0. The Labute approximate surface area is 152 Å². The fourth-order valence-electron chi connectivity index (χ4n) is 3.55. The molecule has 0 N–H and O–H groups in total. The molecule has 0 aliphatic rings. The van der Waals surface area contributed by atoms with E-state index in [1.807, 2.05) is 19.9 Å². The van der Waals surface area contributed by atoms with Crippen molar-refractivity contribution in [3.8, 4) is 11.1 Å². The molecule has 0 saturated carbocycles. The van der Waals surface area contributed by atoms with Crippen LogP contribution >= 0.6 is 0 Å². The third-order valence-electron chi connectivity index (χ3n) is 4.92. The van der Waals surface area contributed by atoms with E-state index in [4.69, 9.17) is 0 Å². The molecule has 0 amide bonds. The van der Waals surface area contributed by atoms with Crippen LogP contribution in [-0.2, 0) is 13.0 Å². The van der Waals surface area contributed by atoms with Crippen LogP contribution < -0.4 is 0 Å². The van der Waals surface area contributed by atoms with Gasteiger partial charge in [0.2, 0.25) is 0 Å². The third-order valence-corrected chi connectivity index (χ3v) is 4.92. The summed E-state index contributed by atoms with van der Waals surface area (Å²) in [5, 5.41) is 10.9. The van der Waals surface area contributed by atoms with Gasteiger partial charge in [0.1, 0.15) is 5.82 Å². The first kappa shape index (κ1) is 17.9. The molecule has 1 aromatic heterocycles. The van der Waals surface area contributed by atoms with E-state index < -0.39 is 4.92 Å². The van der Waals surface area contributed by atoms with Crippen LogP contribution in [0, 0.1) is 29.8 Å². The number of nitrogens with zero attached hydrogens (tertiary/aromatic N) is 2. The molecular weight excluding hydrogens is 331 g/mol. The van der Waals surface area contributed by atoms with Gasteiger partial charge in [-0.15, -0.1) is 0 Å². The van der Waals surface area contributed by atoms with E-state index >= 15 is 0 Å². The number of rotatable bonds is 5. The molecular formula is C21H21FN2O2. The van der Waals surface area contributed by atoms with E-state index in [-0.39, 0.29) is 11.5 Å². The van der Waals surface area contributed by atoms with Gasteiger partial charge in [0.05, 0.1) is 11.5 Å². The van der Waals surface area contributed by atoms with E-state index in [2.05, 4.69) is 11.5 Å². The quantitative estimate of drug-likeness (QED) is 0.454. The van der Waals surface area contributed by atoms with Gasteiger partial charge in [0.25, 0.3) is 5.69 Å². The molecule has 3 rings (SSSR count). The first-order valence-corrected chi connectivity index (χ1v) is 8.60. The van der Waals surface area contributed by atoms with Gasteiger partial charge in [-0.1, -0.05) is 25.1 Å². The zero-order valence-corrected chi connectivity index (χ0v) is 15.1. The van der Waals surface area contributed by atoms with Crippen molar-refractivity contribution in [2.24, 2.45) is 0 Å². The van der Waals surface area contributed by atoms with E-state index in [1.165, 1.54) is 23.8 Å². The van der Waals surface area contributed by atoms with Gasteiger partial charge in [-0.05, 0) is 49.6 Å². The SMILES string of the molecule is CCc1c(-c2ccc([N+](=O)[O-])cc2)c(C)n(Cc2ccccc2F)c1C. The lowest BCUT2D eigenvalue weighted by atomic mass is 9.99. The second-order valence-corrected chi connectivity index (χ2v) is 6.36. The molecule has 134 valence electrons. The van der Waals surface area contributed by atoms with Crippen molar-refractivity contribution in [1.29, 1.82) is 0 Å². The Hall–Kier alpha value is -2.95. The zero-order chi connectivity index (χ0) is 18.8. The molecule has 0 saturated heterocycles. The highest BCUT2D eigenvalue weighted by atomic mass is 19.1. The predicted octanol–water partition coefficient (Wildman–Crippen LogP) is 5.43. The van der Waals surface area contributed by atoms with Crippen molar-refractivity contribution in [2.45, 2.75) is 33.7 Å². The summed E-state index contributed by atoms with van der Waals surface area (Å²) in [6.45, 7) is 6.61. The highest BCUT2D eigenvalue weighted by Gasteiger charge is 2.19. The van der Waals surface area contributed by atoms with Crippen LogP contribution in [0.4, 0.5) is 10.1 Å². The predicted molar refractivity (Wildman–Crippen MR) is 101 cm³/mol. The minimum absolute atomic E-state index is 0.0759. The fourth-order valence-corrected chi connectivity index (χ4v) is 3.55. The molecule has 0 unspecified atom stereocenters. The molecule has 0 bridgehead atoms. The molecule has 3 aromatic rings. The van der Waals surface area contributed by atoms with Crippen molar-refractivity contribution < 1.29 is 9.31 Å². The summed E-state index contributed by atoms with van der Waals surface area (Å²) in [5.74, 6) is -0.213. The van der Waals surface area contributed by atoms with Crippen LogP contribution in [-0.4, -0.2) is 9.49 Å². The molecule has 26 heavy (non-hydrogen) atoms. The molecule has 5 heteroatoms. The highest BCUT2D eigenvalue weighted by Crippen LogP contribution is 2.34. The Kier molecular flexibility index (Phi) is 4.89. The minimum atomic E-state index is -0.397. The average molecular weight is 352 g/mol. The molecule has 0 fully saturated rings. The summed E-state index contributed by atoms with van der Waals surface area (Å²) < 4.78 is 16.2. The molecule has 0 aliphatic heterocycles. The summed E-state index contributed by atoms with van der Waals surface area (Å²) >= 11 is 0. The molecule has 4 nitrogen and oxygen atoms in total. The maximum absolute atomic E-state index is 14.1. The molecule has 0 radical (unpaired) electrons. The van der Waals surface area contributed by atoms with Crippen LogP contribution in [0.1, 0.15) is 29.4 Å². The van der Waals surface area contributed by atoms with E-state index in [0.29, 0.717) is 12.1 Å².